The van der Waals surface area contributed by atoms with Gasteiger partial charge in [0.05, 0.1) is 21.7 Å². The minimum absolute atomic E-state index is 0. The van der Waals surface area contributed by atoms with Crippen molar-refractivity contribution >= 4 is 51.5 Å². The summed E-state index contributed by atoms with van der Waals surface area (Å²) in [5.41, 5.74) is 2.86. The number of para-hydroxylation sites is 1. The standard InChI is InChI=1S/C14H11Cl2NO2.C14H14O4.Na/c1-8-6-7-10(15)13(12(8)16)17-11-5-3-2-4-9(11)14(18)19;1-9(2)5-6-17-13-8-12-10(7-11(13)15)3-4-14(16)18-12;/h2-7,17H,1H3,(H,18,19);3-5,7-8,15H,6H2,1-2H3;/q;;+1/p-1. The zero-order chi connectivity index (χ0) is 27.1. The number of fused-ring (bicyclic) bond motifs is 1. The summed E-state index contributed by atoms with van der Waals surface area (Å²) in [4.78, 5) is 22.1. The van der Waals surface area contributed by atoms with Crippen molar-refractivity contribution in [3.63, 3.8) is 0 Å². The molecule has 0 spiro atoms. The summed E-state index contributed by atoms with van der Waals surface area (Å²) < 4.78 is 10.4. The van der Waals surface area contributed by atoms with E-state index in [2.05, 4.69) is 5.32 Å². The van der Waals surface area contributed by atoms with Crippen LogP contribution in [0.15, 0.2) is 81.5 Å². The van der Waals surface area contributed by atoms with Gasteiger partial charge >= 0.3 is 35.2 Å². The van der Waals surface area contributed by atoms with Crippen molar-refractivity contribution in [2.45, 2.75) is 20.8 Å². The van der Waals surface area contributed by atoms with E-state index in [4.69, 9.17) is 32.4 Å². The summed E-state index contributed by atoms with van der Waals surface area (Å²) >= 11 is 12.2. The maximum Gasteiger partial charge on any atom is 1.00 e. The Kier molecular flexibility index (Phi) is 11.8. The molecule has 38 heavy (non-hydrogen) atoms. The van der Waals surface area contributed by atoms with E-state index in [1.165, 1.54) is 24.3 Å². The number of rotatable bonds is 6. The maximum atomic E-state index is 11.1. The fourth-order valence-corrected chi connectivity index (χ4v) is 3.64. The maximum absolute atomic E-state index is 11.1. The van der Waals surface area contributed by atoms with Gasteiger partial charge in [-0.05, 0) is 56.7 Å². The molecule has 2 N–H and O–H groups in total. The third-order valence-electron chi connectivity index (χ3n) is 5.12. The van der Waals surface area contributed by atoms with E-state index < -0.39 is 11.6 Å². The van der Waals surface area contributed by atoms with E-state index in [0.717, 1.165) is 11.1 Å². The molecule has 0 aliphatic carbocycles. The molecule has 0 saturated carbocycles. The first-order chi connectivity index (χ1) is 17.6. The van der Waals surface area contributed by atoms with Crippen LogP contribution in [0.2, 0.25) is 10.0 Å². The van der Waals surface area contributed by atoms with E-state index in [1.807, 2.05) is 26.8 Å². The van der Waals surface area contributed by atoms with Gasteiger partial charge in [0, 0.05) is 28.8 Å². The van der Waals surface area contributed by atoms with Crippen molar-refractivity contribution in [3.05, 3.63) is 104 Å². The number of ether oxygens (including phenoxy) is 1. The zero-order valence-electron chi connectivity index (χ0n) is 21.3. The van der Waals surface area contributed by atoms with E-state index in [0.29, 0.717) is 44.7 Å². The third-order valence-corrected chi connectivity index (χ3v) is 5.92. The monoisotopic (exact) mass is 563 g/mol. The number of aromatic carboxylic acids is 1. The Labute approximate surface area is 251 Å². The average Bonchev–Trinajstić information content (AvgIpc) is 2.85. The van der Waals surface area contributed by atoms with E-state index in [-0.39, 0.29) is 40.9 Å². The topological polar surface area (TPSA) is 112 Å². The van der Waals surface area contributed by atoms with E-state index >= 15 is 0 Å². The molecule has 0 fully saturated rings. The number of carboxylic acids is 1. The molecule has 0 bridgehead atoms. The number of anilines is 2. The second kappa shape index (κ2) is 14.3. The number of phenolic OH excluding ortho intramolecular Hbond substituents is 1. The molecule has 3 aromatic carbocycles. The first-order valence-electron chi connectivity index (χ1n) is 11.1. The van der Waals surface area contributed by atoms with Crippen molar-refractivity contribution in [1.29, 1.82) is 0 Å². The minimum Gasteiger partial charge on any atom is -0.545 e. The summed E-state index contributed by atoms with van der Waals surface area (Å²) in [6, 6.07) is 15.8. The van der Waals surface area contributed by atoms with Crippen molar-refractivity contribution in [3.8, 4) is 11.5 Å². The van der Waals surface area contributed by atoms with E-state index in [1.54, 1.807) is 36.4 Å². The Morgan fingerprint density at radius 2 is 1.82 bits per heavy atom. The Morgan fingerprint density at radius 3 is 2.50 bits per heavy atom. The number of halogens is 2. The smallest absolute Gasteiger partial charge is 0.545 e. The number of hydrogen-bond donors (Lipinski definition) is 2. The van der Waals surface area contributed by atoms with Crippen molar-refractivity contribution in [2.75, 3.05) is 11.9 Å². The number of carbonyl (C=O) groups is 1. The number of carbonyl (C=O) groups excluding carboxylic acids is 1. The van der Waals surface area contributed by atoms with Crippen LogP contribution in [-0.2, 0) is 0 Å². The number of benzene rings is 3. The summed E-state index contributed by atoms with van der Waals surface area (Å²) in [5, 5.41) is 25.3. The number of aromatic hydroxyl groups is 1. The average molecular weight is 564 g/mol. The molecule has 0 aliphatic rings. The molecule has 0 radical (unpaired) electrons. The third kappa shape index (κ3) is 8.28. The predicted octanol–water partition coefficient (Wildman–Crippen LogP) is 3.26. The van der Waals surface area contributed by atoms with Gasteiger partial charge in [0.25, 0.3) is 0 Å². The van der Waals surface area contributed by atoms with Crippen LogP contribution in [0.5, 0.6) is 11.5 Å². The SMILES string of the molecule is CC(C)=CCOc1cc2oc(=O)ccc2cc1O.Cc1ccc(Cl)c(Nc2ccccc2C(=O)[O-])c1Cl.[Na+]. The molecule has 0 unspecified atom stereocenters. The molecule has 7 nitrogen and oxygen atoms in total. The molecular weight excluding hydrogens is 540 g/mol. The van der Waals surface area contributed by atoms with Crippen molar-refractivity contribution in [2.24, 2.45) is 0 Å². The van der Waals surface area contributed by atoms with Crippen molar-refractivity contribution in [1.82, 2.24) is 0 Å². The van der Waals surface area contributed by atoms with E-state index in [9.17, 15) is 19.8 Å². The molecule has 1 aromatic heterocycles. The number of hydrogen-bond acceptors (Lipinski definition) is 7. The predicted molar refractivity (Wildman–Crippen MR) is 144 cm³/mol. The molecule has 0 atom stereocenters. The number of carboxylic acid groups (broad SMARTS) is 1. The van der Waals surface area contributed by atoms with Gasteiger partial charge in [-0.2, -0.15) is 0 Å². The summed E-state index contributed by atoms with van der Waals surface area (Å²) in [7, 11) is 0. The molecule has 192 valence electrons. The van der Waals surface area contributed by atoms with Gasteiger partial charge in [-0.15, -0.1) is 0 Å². The minimum atomic E-state index is -1.26. The van der Waals surface area contributed by atoms with Crippen LogP contribution in [0, 0.1) is 6.92 Å². The summed E-state index contributed by atoms with van der Waals surface area (Å²) in [6.07, 6.45) is 1.89. The van der Waals surface area contributed by atoms with Crippen LogP contribution < -0.4 is 50.3 Å². The molecule has 0 saturated heterocycles. The van der Waals surface area contributed by atoms with Gasteiger partial charge in [0.15, 0.2) is 11.5 Å². The first kappa shape index (κ1) is 31.3. The number of nitrogens with one attached hydrogen (secondary N) is 1. The van der Waals surface area contributed by atoms with Crippen LogP contribution in [0.1, 0.15) is 29.8 Å². The quantitative estimate of drug-likeness (QED) is 0.210. The van der Waals surface area contributed by atoms with Crippen LogP contribution in [0.25, 0.3) is 11.0 Å². The zero-order valence-corrected chi connectivity index (χ0v) is 24.8. The van der Waals surface area contributed by atoms with Gasteiger partial charge in [0.2, 0.25) is 0 Å². The largest absolute Gasteiger partial charge is 1.00 e. The molecule has 1 heterocycles. The normalized spacial score (nSPS) is 10.0. The second-order valence-corrected chi connectivity index (χ2v) is 9.00. The summed E-state index contributed by atoms with van der Waals surface area (Å²) in [5.74, 6) is -0.934. The molecule has 0 aliphatic heterocycles. The number of aryl methyl sites for hydroxylation is 1. The summed E-state index contributed by atoms with van der Waals surface area (Å²) in [6.45, 7) is 6.12. The molecule has 4 aromatic rings. The number of allylic oxidation sites excluding steroid dienone is 1. The fraction of sp³-hybridized carbons (Fsp3) is 0.143. The Balaban J connectivity index is 0.000000260. The van der Waals surface area contributed by atoms with Gasteiger partial charge in [0.1, 0.15) is 12.2 Å². The van der Waals surface area contributed by atoms with Crippen LogP contribution >= 0.6 is 23.2 Å². The van der Waals surface area contributed by atoms with Crippen LogP contribution in [0.3, 0.4) is 0 Å². The van der Waals surface area contributed by atoms with Crippen LogP contribution in [-0.4, -0.2) is 17.7 Å². The molecule has 0 amide bonds. The Bertz CT molecular complexity index is 1530. The van der Waals surface area contributed by atoms with Crippen LogP contribution in [0.4, 0.5) is 11.4 Å². The second-order valence-electron chi connectivity index (χ2n) is 8.22. The molecule has 10 heteroatoms. The Morgan fingerprint density at radius 1 is 1.11 bits per heavy atom. The van der Waals surface area contributed by atoms with Crippen molar-refractivity contribution < 1.29 is 53.7 Å². The fourth-order valence-electron chi connectivity index (χ4n) is 3.17. The van der Waals surface area contributed by atoms with Gasteiger partial charge < -0.3 is 29.5 Å². The van der Waals surface area contributed by atoms with Gasteiger partial charge in [-0.25, -0.2) is 4.79 Å². The van der Waals surface area contributed by atoms with Gasteiger partial charge in [-0.3, -0.25) is 0 Å². The van der Waals surface area contributed by atoms with Gasteiger partial charge in [-0.1, -0.05) is 53.0 Å². The number of phenols is 1. The Hall–Kier alpha value is -2.94. The molecule has 4 rings (SSSR count). The molecular formula is C28H24Cl2NNaO6. The first-order valence-corrected chi connectivity index (χ1v) is 11.9.